The minimum atomic E-state index is -0.624. The van der Waals surface area contributed by atoms with Crippen molar-refractivity contribution < 1.29 is 48.0 Å². The Kier molecular flexibility index (Phi) is 12.3. The van der Waals surface area contributed by atoms with Crippen LogP contribution in [0.5, 0.6) is 28.7 Å². The van der Waals surface area contributed by atoms with Crippen LogP contribution in [0, 0.1) is 6.92 Å². The maximum Gasteiger partial charge on any atom is 0.343 e. The zero-order valence-electron chi connectivity index (χ0n) is 25.8. The fourth-order valence-electron chi connectivity index (χ4n) is 4.21. The van der Waals surface area contributed by atoms with Gasteiger partial charge < -0.3 is 28.8 Å². The van der Waals surface area contributed by atoms with E-state index >= 15 is 0 Å². The first-order chi connectivity index (χ1) is 22.7. The molecular weight excluding hydrogens is 604 g/mol. The van der Waals surface area contributed by atoms with Crippen molar-refractivity contribution in [2.24, 2.45) is 0 Å². The minimum absolute atomic E-state index is 0.0378. The van der Waals surface area contributed by atoms with E-state index in [-0.39, 0.29) is 28.4 Å². The van der Waals surface area contributed by atoms with Crippen LogP contribution in [0.4, 0.5) is 0 Å². The van der Waals surface area contributed by atoms with Crippen molar-refractivity contribution >= 4 is 23.9 Å². The van der Waals surface area contributed by atoms with Crippen molar-refractivity contribution in [3.8, 4) is 28.7 Å². The van der Waals surface area contributed by atoms with E-state index in [1.807, 2.05) is 0 Å². The molecule has 1 N–H and O–H groups in total. The first kappa shape index (κ1) is 34.0. The van der Waals surface area contributed by atoms with Crippen LogP contribution in [0.25, 0.3) is 0 Å². The summed E-state index contributed by atoms with van der Waals surface area (Å²) in [7, 11) is 0. The number of hydrogen-bond donors (Lipinski definition) is 1. The highest BCUT2D eigenvalue weighted by atomic mass is 16.5. The number of phenols is 1. The third-order valence-corrected chi connectivity index (χ3v) is 6.77. The first-order valence-corrected chi connectivity index (χ1v) is 14.9. The van der Waals surface area contributed by atoms with E-state index in [4.69, 9.17) is 23.7 Å². The summed E-state index contributed by atoms with van der Waals surface area (Å²) in [5.41, 5.74) is 1.42. The lowest BCUT2D eigenvalue weighted by Gasteiger charge is -2.10. The van der Waals surface area contributed by atoms with E-state index in [1.54, 1.807) is 37.3 Å². The molecule has 10 heteroatoms. The summed E-state index contributed by atoms with van der Waals surface area (Å²) < 4.78 is 27.0. The van der Waals surface area contributed by atoms with Crippen LogP contribution >= 0.6 is 0 Å². The molecule has 0 heterocycles. The summed E-state index contributed by atoms with van der Waals surface area (Å²) in [6, 6.07) is 22.8. The summed E-state index contributed by atoms with van der Waals surface area (Å²) in [6.07, 6.45) is 4.62. The average molecular weight is 639 g/mol. The van der Waals surface area contributed by atoms with Gasteiger partial charge in [-0.25, -0.2) is 19.2 Å². The molecule has 0 atom stereocenters. The third kappa shape index (κ3) is 10.6. The van der Waals surface area contributed by atoms with Crippen molar-refractivity contribution in [3.05, 3.63) is 126 Å². The molecule has 0 spiro atoms. The lowest BCUT2D eigenvalue weighted by Crippen LogP contribution is -2.11. The van der Waals surface area contributed by atoms with Crippen LogP contribution in [0.15, 0.2) is 104 Å². The second-order valence-corrected chi connectivity index (χ2v) is 10.3. The SMILES string of the molecule is C=CC(=O)OCCCCCCOc1ccc(C(=O)Oc2ccc(C(=O)Oc3ccc(OC(=O)c4ccc(O)cc4)c(C)c3)cc2)cc1. The van der Waals surface area contributed by atoms with Gasteiger partial charge in [0.2, 0.25) is 0 Å². The highest BCUT2D eigenvalue weighted by Gasteiger charge is 2.15. The van der Waals surface area contributed by atoms with Gasteiger partial charge in [-0.2, -0.15) is 0 Å². The highest BCUT2D eigenvalue weighted by molar-refractivity contribution is 5.93. The zero-order chi connectivity index (χ0) is 33.6. The highest BCUT2D eigenvalue weighted by Crippen LogP contribution is 2.26. The molecule has 4 rings (SSSR count). The molecule has 0 aromatic heterocycles. The maximum atomic E-state index is 12.7. The van der Waals surface area contributed by atoms with Crippen molar-refractivity contribution in [2.45, 2.75) is 32.6 Å². The van der Waals surface area contributed by atoms with Crippen LogP contribution < -0.4 is 18.9 Å². The Labute approximate surface area is 272 Å². The van der Waals surface area contributed by atoms with Gasteiger partial charge in [0, 0.05) is 6.08 Å². The normalized spacial score (nSPS) is 10.4. The Bertz CT molecular complexity index is 1690. The quantitative estimate of drug-likeness (QED) is 0.0626. The van der Waals surface area contributed by atoms with Crippen LogP contribution in [-0.4, -0.2) is 42.2 Å². The lowest BCUT2D eigenvalue weighted by atomic mass is 10.2. The number of unbranched alkanes of at least 4 members (excludes halogenated alkanes) is 3. The Hall–Kier alpha value is -5.90. The number of rotatable bonds is 15. The molecule has 0 aliphatic rings. The van der Waals surface area contributed by atoms with Crippen molar-refractivity contribution in [3.63, 3.8) is 0 Å². The number of benzene rings is 4. The summed E-state index contributed by atoms with van der Waals surface area (Å²) in [5.74, 6) is -0.725. The van der Waals surface area contributed by atoms with Crippen molar-refractivity contribution in [1.29, 1.82) is 0 Å². The number of hydrogen-bond acceptors (Lipinski definition) is 10. The van der Waals surface area contributed by atoms with Gasteiger partial charge in [0.05, 0.1) is 29.9 Å². The Morgan fingerprint density at radius 3 is 1.68 bits per heavy atom. The van der Waals surface area contributed by atoms with Gasteiger partial charge >= 0.3 is 23.9 Å². The number of ether oxygens (including phenoxy) is 5. The smallest absolute Gasteiger partial charge is 0.343 e. The van der Waals surface area contributed by atoms with Gasteiger partial charge in [-0.15, -0.1) is 0 Å². The van der Waals surface area contributed by atoms with Gasteiger partial charge in [-0.3, -0.25) is 0 Å². The number of aromatic hydroxyl groups is 1. The Balaban J connectivity index is 1.20. The monoisotopic (exact) mass is 638 g/mol. The molecule has 0 amide bonds. The third-order valence-electron chi connectivity index (χ3n) is 6.77. The topological polar surface area (TPSA) is 135 Å². The molecular formula is C37H34O10. The van der Waals surface area contributed by atoms with Gasteiger partial charge in [-0.05, 0) is 129 Å². The first-order valence-electron chi connectivity index (χ1n) is 14.9. The fraction of sp³-hybridized carbons (Fsp3) is 0.189. The van der Waals surface area contributed by atoms with E-state index in [0.29, 0.717) is 35.8 Å². The van der Waals surface area contributed by atoms with Crippen molar-refractivity contribution in [2.75, 3.05) is 13.2 Å². The van der Waals surface area contributed by atoms with Crippen LogP contribution in [0.1, 0.15) is 62.3 Å². The van der Waals surface area contributed by atoms with Crippen LogP contribution in [0.2, 0.25) is 0 Å². The zero-order valence-corrected chi connectivity index (χ0v) is 25.8. The van der Waals surface area contributed by atoms with E-state index in [0.717, 1.165) is 31.8 Å². The predicted octanol–water partition coefficient (Wildman–Crippen LogP) is 7.03. The molecule has 0 saturated heterocycles. The lowest BCUT2D eigenvalue weighted by molar-refractivity contribution is -0.137. The van der Waals surface area contributed by atoms with E-state index in [9.17, 15) is 24.3 Å². The molecule has 0 unspecified atom stereocenters. The molecule has 0 fully saturated rings. The summed E-state index contributed by atoms with van der Waals surface area (Å²) in [6.45, 7) is 5.96. The minimum Gasteiger partial charge on any atom is -0.508 e. The van der Waals surface area contributed by atoms with E-state index < -0.39 is 23.9 Å². The molecule has 242 valence electrons. The molecule has 0 radical (unpaired) electrons. The summed E-state index contributed by atoms with van der Waals surface area (Å²) in [5, 5.41) is 9.39. The number of phenolic OH excluding ortho intramolecular Hbond substituents is 1. The van der Waals surface area contributed by atoms with Crippen molar-refractivity contribution in [1.82, 2.24) is 0 Å². The molecule has 0 aliphatic heterocycles. The molecule has 10 nitrogen and oxygen atoms in total. The second kappa shape index (κ2) is 17.0. The van der Waals surface area contributed by atoms with Crippen LogP contribution in [-0.2, 0) is 9.53 Å². The second-order valence-electron chi connectivity index (χ2n) is 10.3. The van der Waals surface area contributed by atoms with Gasteiger partial charge in [0.1, 0.15) is 28.7 Å². The fourth-order valence-corrected chi connectivity index (χ4v) is 4.21. The van der Waals surface area contributed by atoms with Gasteiger partial charge in [-0.1, -0.05) is 6.58 Å². The van der Waals surface area contributed by atoms with E-state index in [1.165, 1.54) is 60.7 Å². The number of carbonyl (C=O) groups excluding carboxylic acids is 4. The predicted molar refractivity (Wildman–Crippen MR) is 172 cm³/mol. The Morgan fingerprint density at radius 1 is 0.617 bits per heavy atom. The number of esters is 4. The maximum absolute atomic E-state index is 12.7. The standard InChI is InChI=1S/C37H34O10/c1-3-34(39)44-23-7-5-4-6-22-43-30-16-10-27(11-17-30)35(40)45-31-18-12-28(13-19-31)36(41)46-32-20-21-33(25(2)24-32)47-37(42)26-8-14-29(38)15-9-26/h3,8-21,24,38H,1,4-7,22-23H2,2H3. The summed E-state index contributed by atoms with van der Waals surface area (Å²) in [4.78, 5) is 48.7. The number of carbonyl (C=O) groups is 4. The van der Waals surface area contributed by atoms with Crippen LogP contribution in [0.3, 0.4) is 0 Å². The number of aryl methyl sites for hydroxylation is 1. The van der Waals surface area contributed by atoms with Gasteiger partial charge in [0.25, 0.3) is 0 Å². The average Bonchev–Trinajstić information content (AvgIpc) is 3.07. The van der Waals surface area contributed by atoms with E-state index in [2.05, 4.69) is 6.58 Å². The van der Waals surface area contributed by atoms with Gasteiger partial charge in [0.15, 0.2) is 0 Å². The molecule has 0 aliphatic carbocycles. The molecule has 0 bridgehead atoms. The Morgan fingerprint density at radius 2 is 1.11 bits per heavy atom. The summed E-state index contributed by atoms with van der Waals surface area (Å²) >= 11 is 0. The molecule has 47 heavy (non-hydrogen) atoms. The molecule has 4 aromatic rings. The molecule has 4 aromatic carbocycles. The largest absolute Gasteiger partial charge is 0.508 e. The molecule has 0 saturated carbocycles.